The minimum absolute atomic E-state index is 0.0423. The number of aliphatic carboxylic acids is 1. The SMILES string of the molecule is C=C(C)OC1C[C@@]2(C)[C@@H](C[C@@H](O)[C@@H]3[C@@]4(C)C(=C)C[C@@H](C)[C@H](C)[C@@H]4CC[C@@]32C)/C1=C(\CCC=C(C)C)C(=O)C1C[C@@H](C)[C@H](C)[C@@H]2CC[C@@]3(C)[C@@H]([C@H](O)C[C@H]4/C(=C(\CCC=C(C)C)C(=O)O)C(OC(=C)C)C[C@@]43C)[C@@]12C. The molecule has 0 aromatic heterocycles. The van der Waals surface area contributed by atoms with Crippen LogP contribution < -0.4 is 0 Å². The van der Waals surface area contributed by atoms with Crippen LogP contribution in [0, 0.1) is 97.6 Å². The average molecular weight is 1020 g/mol. The summed E-state index contributed by atoms with van der Waals surface area (Å²) in [6, 6.07) is 0. The summed E-state index contributed by atoms with van der Waals surface area (Å²) in [7, 11) is 0. The highest BCUT2D eigenvalue weighted by Gasteiger charge is 2.74. The molecule has 74 heavy (non-hydrogen) atoms. The second-order valence-corrected chi connectivity index (χ2v) is 28.7. The number of ketones is 1. The van der Waals surface area contributed by atoms with Crippen LogP contribution in [-0.4, -0.2) is 51.5 Å². The van der Waals surface area contributed by atoms with Gasteiger partial charge in [0.15, 0.2) is 5.78 Å². The normalized spacial score (nSPS) is 47.5. The van der Waals surface area contributed by atoms with Crippen LogP contribution in [0.25, 0.3) is 0 Å². The molecule has 0 heterocycles. The molecular weight excluding hydrogens is 917 g/mol. The lowest BCUT2D eigenvalue weighted by molar-refractivity contribution is -0.243. The van der Waals surface area contributed by atoms with Gasteiger partial charge in [0.05, 0.1) is 23.7 Å². The summed E-state index contributed by atoms with van der Waals surface area (Å²) in [5.74, 6) is 2.15. The van der Waals surface area contributed by atoms with Crippen LogP contribution in [0.1, 0.15) is 201 Å². The fourth-order valence-electron chi connectivity index (χ4n) is 20.7. The molecular formula is C67H102O7. The molecule has 8 saturated carbocycles. The summed E-state index contributed by atoms with van der Waals surface area (Å²) < 4.78 is 13.6. The van der Waals surface area contributed by atoms with E-state index < -0.39 is 40.5 Å². The van der Waals surface area contributed by atoms with Gasteiger partial charge in [-0.25, -0.2) is 4.79 Å². The standard InChI is InChI=1S/C67H102O7/c1-36(2)22-20-24-45(56-49-32-52(68)59-62(14,64(49,16)34-54(56)73-38(5)6)28-26-47-43(12)40(9)30-42(11)66(47,59)18)58(70)51-31-41(10)44(13)48-27-29-63(15)60(67(48,51)19)53(69)33-50-57(46(61(71)72)25-21-23-37(3)4)55(74-39(7)8)35-65(50,63)17/h22-23,40-41,43-44,47-55,59-60,68-69H,5,7,11,20-21,24-35H2,1-4,6,8-10,12-19H3,(H,71,72)/b56-45-,57-46-/t40-,41-,43+,44+,47+,48+,49+,50+,51?,52-,53-,54?,55?,59+,60-,62+,63+,64+,65+,66+,67-/m1/s1. The zero-order chi connectivity index (χ0) is 54.7. The molecule has 0 bridgehead atoms. The molecule has 8 fully saturated rings. The van der Waals surface area contributed by atoms with Crippen LogP contribution in [0.5, 0.6) is 0 Å². The van der Waals surface area contributed by atoms with E-state index in [9.17, 15) is 20.1 Å². The molecule has 7 heteroatoms. The van der Waals surface area contributed by atoms with Gasteiger partial charge in [0, 0.05) is 17.4 Å². The van der Waals surface area contributed by atoms with Crippen molar-refractivity contribution in [3.63, 3.8) is 0 Å². The Morgan fingerprint density at radius 3 is 1.57 bits per heavy atom. The fraction of sp³-hybridized carbons (Fsp3) is 0.761. The van der Waals surface area contributed by atoms with Gasteiger partial charge in [0.25, 0.3) is 0 Å². The highest BCUT2D eigenvalue weighted by Crippen LogP contribution is 2.78. The molecule has 3 N–H and O–H groups in total. The van der Waals surface area contributed by atoms with Gasteiger partial charge in [-0.3, -0.25) is 4.79 Å². The number of fused-ring (bicyclic) bond motifs is 10. The Morgan fingerprint density at radius 1 is 0.635 bits per heavy atom. The number of carbonyl (C=O) groups is 2. The van der Waals surface area contributed by atoms with E-state index in [-0.39, 0.29) is 63.6 Å². The number of rotatable bonds is 13. The van der Waals surface area contributed by atoms with E-state index in [2.05, 4.69) is 108 Å². The third kappa shape index (κ3) is 8.52. The maximum atomic E-state index is 17.0. The van der Waals surface area contributed by atoms with E-state index in [4.69, 9.17) is 16.1 Å². The zero-order valence-corrected chi connectivity index (χ0v) is 49.3. The number of hydrogen-bond acceptors (Lipinski definition) is 6. The van der Waals surface area contributed by atoms with E-state index in [1.54, 1.807) is 0 Å². The van der Waals surface area contributed by atoms with E-state index in [1.807, 2.05) is 27.7 Å². The summed E-state index contributed by atoms with van der Waals surface area (Å²) in [6.45, 7) is 49.7. The summed E-state index contributed by atoms with van der Waals surface area (Å²) in [4.78, 5) is 30.4. The van der Waals surface area contributed by atoms with Crippen molar-refractivity contribution < 1.29 is 34.4 Å². The summed E-state index contributed by atoms with van der Waals surface area (Å²) in [6.07, 6.45) is 12.7. The van der Waals surface area contributed by atoms with Gasteiger partial charge in [-0.15, -0.1) is 0 Å². The third-order valence-corrected chi connectivity index (χ3v) is 24.6. The van der Waals surface area contributed by atoms with Crippen molar-refractivity contribution in [2.45, 2.75) is 225 Å². The molecule has 0 aromatic carbocycles. The Kier molecular flexibility index (Phi) is 15.4. The molecule has 0 aliphatic heterocycles. The number of hydrogen-bond donors (Lipinski definition) is 3. The van der Waals surface area contributed by atoms with Crippen LogP contribution in [-0.2, 0) is 19.1 Å². The zero-order valence-electron chi connectivity index (χ0n) is 49.3. The number of allylic oxidation sites excluding steroid dienone is 8. The summed E-state index contributed by atoms with van der Waals surface area (Å²) in [5.41, 5.74) is 4.81. The monoisotopic (exact) mass is 1020 g/mol. The molecule has 8 aliphatic carbocycles. The second-order valence-electron chi connectivity index (χ2n) is 28.7. The van der Waals surface area contributed by atoms with Crippen molar-refractivity contribution in [1.82, 2.24) is 0 Å². The van der Waals surface area contributed by atoms with Crippen LogP contribution in [0.3, 0.4) is 0 Å². The molecule has 0 spiro atoms. The van der Waals surface area contributed by atoms with Crippen molar-refractivity contribution in [3.8, 4) is 0 Å². The van der Waals surface area contributed by atoms with E-state index in [0.29, 0.717) is 85.2 Å². The minimum Gasteiger partial charge on any atom is -0.491 e. The Labute approximate surface area is 449 Å². The van der Waals surface area contributed by atoms with Crippen LogP contribution >= 0.6 is 0 Å². The molecule has 3 unspecified atom stereocenters. The second kappa shape index (κ2) is 19.9. The van der Waals surface area contributed by atoms with E-state index >= 15 is 4.79 Å². The quantitative estimate of drug-likeness (QED) is 0.0957. The average Bonchev–Trinajstić information content (AvgIpc) is 3.72. The minimum atomic E-state index is -0.911. The van der Waals surface area contributed by atoms with Crippen molar-refractivity contribution in [1.29, 1.82) is 0 Å². The van der Waals surface area contributed by atoms with Gasteiger partial charge in [-0.05, 0) is 234 Å². The summed E-state index contributed by atoms with van der Waals surface area (Å²) in [5, 5.41) is 37.4. The highest BCUT2D eigenvalue weighted by molar-refractivity contribution is 5.99. The molecule has 8 aliphatic rings. The van der Waals surface area contributed by atoms with E-state index in [0.717, 1.165) is 73.7 Å². The van der Waals surface area contributed by atoms with Gasteiger partial charge >= 0.3 is 5.97 Å². The van der Waals surface area contributed by atoms with Crippen LogP contribution in [0.15, 0.2) is 82.4 Å². The van der Waals surface area contributed by atoms with Crippen molar-refractivity contribution in [3.05, 3.63) is 82.4 Å². The molecule has 0 saturated heterocycles. The number of ether oxygens (including phenoxy) is 2. The van der Waals surface area contributed by atoms with Gasteiger partial charge < -0.3 is 24.8 Å². The van der Waals surface area contributed by atoms with Crippen molar-refractivity contribution in [2.24, 2.45) is 97.6 Å². The summed E-state index contributed by atoms with van der Waals surface area (Å²) >= 11 is 0. The number of aliphatic hydroxyl groups is 2. The fourth-order valence-corrected chi connectivity index (χ4v) is 20.7. The molecule has 412 valence electrons. The first-order valence-corrected chi connectivity index (χ1v) is 29.5. The number of carboxylic acids is 1. The lowest BCUT2D eigenvalue weighted by atomic mass is 9.34. The third-order valence-electron chi connectivity index (χ3n) is 24.6. The lowest BCUT2D eigenvalue weighted by Gasteiger charge is -2.70. The predicted octanol–water partition coefficient (Wildman–Crippen LogP) is 15.7. The first-order chi connectivity index (χ1) is 34.4. The van der Waals surface area contributed by atoms with Crippen molar-refractivity contribution in [2.75, 3.05) is 0 Å². The molecule has 7 nitrogen and oxygen atoms in total. The first-order valence-electron chi connectivity index (χ1n) is 29.5. The Hall–Kier alpha value is -3.16. The maximum absolute atomic E-state index is 17.0. The molecule has 0 amide bonds. The van der Waals surface area contributed by atoms with Crippen LogP contribution in [0.4, 0.5) is 0 Å². The largest absolute Gasteiger partial charge is 0.491 e. The van der Waals surface area contributed by atoms with Gasteiger partial charge in [0.1, 0.15) is 12.2 Å². The Balaban J connectivity index is 1.28. The van der Waals surface area contributed by atoms with Gasteiger partial charge in [-0.2, -0.15) is 0 Å². The smallest absolute Gasteiger partial charge is 0.331 e. The maximum Gasteiger partial charge on any atom is 0.331 e. The van der Waals surface area contributed by atoms with Gasteiger partial charge in [-0.1, -0.05) is 118 Å². The number of carboxylic acid groups (broad SMARTS) is 1. The number of Topliss-reactive ketones (excluding diaryl/α,β-unsaturated/α-hetero) is 1. The molecule has 21 atom stereocenters. The van der Waals surface area contributed by atoms with Gasteiger partial charge in [0.2, 0.25) is 0 Å². The lowest BCUT2D eigenvalue weighted by Crippen LogP contribution is -2.68. The first kappa shape index (κ1) is 57.0. The van der Waals surface area contributed by atoms with E-state index in [1.165, 1.54) is 11.1 Å². The molecule has 8 rings (SSSR count). The Bertz CT molecular complexity index is 2410. The van der Waals surface area contributed by atoms with Crippen molar-refractivity contribution >= 4 is 11.8 Å². The molecule has 0 radical (unpaired) electrons. The molecule has 0 aromatic rings. The number of aliphatic hydroxyl groups excluding tert-OH is 2. The predicted molar refractivity (Wildman–Crippen MR) is 300 cm³/mol. The topological polar surface area (TPSA) is 113 Å². The Morgan fingerprint density at radius 2 is 1.08 bits per heavy atom. The highest BCUT2D eigenvalue weighted by atomic mass is 16.5. The van der Waals surface area contributed by atoms with Crippen LogP contribution in [0.2, 0.25) is 0 Å². The number of carbonyl (C=O) groups excluding carboxylic acids is 1.